The van der Waals surface area contributed by atoms with Crippen molar-refractivity contribution >= 4 is 0 Å². The molecule has 0 aliphatic carbocycles. The van der Waals surface area contributed by atoms with E-state index in [0.29, 0.717) is 5.92 Å². The van der Waals surface area contributed by atoms with Crippen LogP contribution in [0.1, 0.15) is 25.5 Å². The van der Waals surface area contributed by atoms with Crippen molar-refractivity contribution in [3.63, 3.8) is 0 Å². The summed E-state index contributed by atoms with van der Waals surface area (Å²) in [6.07, 6.45) is 4.99. The zero-order valence-corrected chi connectivity index (χ0v) is 11.1. The third-order valence-corrected chi connectivity index (χ3v) is 0.892. The van der Waals surface area contributed by atoms with Crippen LogP contribution in [0.15, 0.2) is 4.42 Å². The predicted molar refractivity (Wildman–Crippen MR) is 28.3 cm³/mol. The standard InChI is InChI=1S/C6H7NO.2Re/c1-5(2)6-3-7-4-8-6;;/h5H,1-2H3;;/q-2;;. The van der Waals surface area contributed by atoms with Crippen molar-refractivity contribution in [1.29, 1.82) is 0 Å². The molecule has 0 aromatic carbocycles. The summed E-state index contributed by atoms with van der Waals surface area (Å²) < 4.78 is 4.80. The summed E-state index contributed by atoms with van der Waals surface area (Å²) in [5.41, 5.74) is 0. The van der Waals surface area contributed by atoms with Gasteiger partial charge in [0.1, 0.15) is 0 Å². The predicted octanol–water partition coefficient (Wildman–Crippen LogP) is 1.39. The molecule has 2 nitrogen and oxygen atoms in total. The first kappa shape index (κ1) is 13.1. The number of aromatic nitrogens is 1. The maximum atomic E-state index is 4.80. The number of oxazole rings is 1. The van der Waals surface area contributed by atoms with Crippen molar-refractivity contribution in [2.75, 3.05) is 0 Å². The van der Waals surface area contributed by atoms with Crippen LogP contribution in [0.25, 0.3) is 0 Å². The Bertz CT molecular complexity index is 151. The molecule has 0 aliphatic heterocycles. The molecule has 2 radical (unpaired) electrons. The number of rotatable bonds is 1. The second-order valence-corrected chi connectivity index (χ2v) is 1.94. The van der Waals surface area contributed by atoms with Gasteiger partial charge in [-0.25, -0.2) is 6.39 Å². The van der Waals surface area contributed by atoms with E-state index >= 15 is 0 Å². The van der Waals surface area contributed by atoms with Crippen molar-refractivity contribution in [2.45, 2.75) is 19.8 Å². The maximum Gasteiger partial charge on any atom is 0 e. The first-order valence-electron chi connectivity index (χ1n) is 2.55. The first-order valence-corrected chi connectivity index (χ1v) is 2.55. The monoisotopic (exact) mass is 483 g/mol. The van der Waals surface area contributed by atoms with Crippen molar-refractivity contribution < 1.29 is 45.3 Å². The van der Waals surface area contributed by atoms with Gasteiger partial charge in [0.25, 0.3) is 0 Å². The Labute approximate surface area is 88.1 Å². The Hall–Kier alpha value is 0.535. The number of hydrogen-bond acceptors (Lipinski definition) is 2. The van der Waals surface area contributed by atoms with Gasteiger partial charge in [-0.15, -0.1) is 5.76 Å². The van der Waals surface area contributed by atoms with E-state index in [1.54, 1.807) is 0 Å². The summed E-state index contributed by atoms with van der Waals surface area (Å²) in [4.78, 5) is 3.53. The Kier molecular flexibility index (Phi) is 8.23. The molecule has 0 spiro atoms. The van der Waals surface area contributed by atoms with E-state index in [1.807, 2.05) is 13.8 Å². The molecule has 1 heterocycles. The quantitative estimate of drug-likeness (QED) is 0.567. The van der Waals surface area contributed by atoms with E-state index in [0.717, 1.165) is 5.76 Å². The average Bonchev–Trinajstić information content (AvgIpc) is 2.12. The first-order chi connectivity index (χ1) is 3.80. The fourth-order valence-corrected chi connectivity index (χ4v) is 0.420. The Balaban J connectivity index is 0. The number of hydrogen-bond donors (Lipinski definition) is 0. The molecule has 1 aromatic heterocycles. The normalized spacial score (nSPS) is 8.30. The maximum absolute atomic E-state index is 4.80. The van der Waals surface area contributed by atoms with Crippen LogP contribution in [-0.4, -0.2) is 4.98 Å². The van der Waals surface area contributed by atoms with E-state index in [1.165, 1.54) is 0 Å². The molecule has 0 saturated heterocycles. The second-order valence-electron chi connectivity index (χ2n) is 1.94. The zero-order chi connectivity index (χ0) is 5.98. The van der Waals surface area contributed by atoms with Crippen LogP contribution in [0.5, 0.6) is 0 Å². The van der Waals surface area contributed by atoms with Crippen LogP contribution in [-0.2, 0) is 40.8 Å². The van der Waals surface area contributed by atoms with Crippen molar-refractivity contribution in [2.24, 2.45) is 0 Å². The molecule has 0 unspecified atom stereocenters. The topological polar surface area (TPSA) is 26.0 Å². The van der Waals surface area contributed by atoms with Crippen LogP contribution < -0.4 is 0 Å². The summed E-state index contributed by atoms with van der Waals surface area (Å²) in [6.45, 7) is 4.04. The number of nitrogens with zero attached hydrogens (tertiary/aromatic N) is 1. The third kappa shape index (κ3) is 3.64. The minimum atomic E-state index is 0. The molecule has 0 fully saturated rings. The van der Waals surface area contributed by atoms with E-state index in [2.05, 4.69) is 17.6 Å². The smallest absolute Gasteiger partial charge is 0 e. The second kappa shape index (κ2) is 6.26. The van der Waals surface area contributed by atoms with Gasteiger partial charge in [0.05, 0.1) is 0 Å². The minimum Gasteiger partial charge on any atom is -0.675 e. The van der Waals surface area contributed by atoms with Crippen LogP contribution in [0, 0.1) is 12.6 Å². The molecule has 0 N–H and O–H groups in total. The van der Waals surface area contributed by atoms with Gasteiger partial charge in [-0.05, 0) is 5.92 Å². The van der Waals surface area contributed by atoms with Gasteiger partial charge >= 0.3 is 0 Å². The van der Waals surface area contributed by atoms with Gasteiger partial charge in [0.15, 0.2) is 0 Å². The zero-order valence-electron chi connectivity index (χ0n) is 5.69. The fraction of sp³-hybridized carbons (Fsp3) is 0.500. The Morgan fingerprint density at radius 2 is 2.00 bits per heavy atom. The van der Waals surface area contributed by atoms with Gasteiger partial charge in [-0.2, -0.15) is 0 Å². The van der Waals surface area contributed by atoms with Gasteiger partial charge in [-0.1, -0.05) is 13.8 Å². The average molecular weight is 482 g/mol. The van der Waals surface area contributed by atoms with Gasteiger partial charge in [-0.3, -0.25) is 0 Å². The summed E-state index contributed by atoms with van der Waals surface area (Å²) in [5.74, 6) is 1.14. The molecular formula is C6H7NORe2-2. The van der Waals surface area contributed by atoms with Gasteiger partial charge in [0, 0.05) is 40.8 Å². The Morgan fingerprint density at radius 1 is 1.40 bits per heavy atom. The van der Waals surface area contributed by atoms with Crippen LogP contribution in [0.2, 0.25) is 0 Å². The minimum absolute atomic E-state index is 0. The van der Waals surface area contributed by atoms with Crippen molar-refractivity contribution in [3.05, 3.63) is 18.4 Å². The van der Waals surface area contributed by atoms with Crippen molar-refractivity contribution in [1.82, 2.24) is 4.98 Å². The van der Waals surface area contributed by atoms with Crippen molar-refractivity contribution in [3.8, 4) is 0 Å². The largest absolute Gasteiger partial charge is 0.675 e. The van der Waals surface area contributed by atoms with Gasteiger partial charge < -0.3 is 15.6 Å². The summed E-state index contributed by atoms with van der Waals surface area (Å²) in [7, 11) is 0. The molecule has 0 bridgehead atoms. The molecule has 0 amide bonds. The summed E-state index contributed by atoms with van der Waals surface area (Å²) in [5, 5.41) is 0. The molecule has 1 aromatic rings. The molecular weight excluding hydrogens is 474 g/mol. The van der Waals surface area contributed by atoms with E-state index < -0.39 is 0 Å². The molecule has 10 heavy (non-hydrogen) atoms. The Morgan fingerprint density at radius 3 is 2.20 bits per heavy atom. The molecule has 0 atom stereocenters. The molecule has 4 heteroatoms. The van der Waals surface area contributed by atoms with E-state index in [4.69, 9.17) is 4.42 Å². The summed E-state index contributed by atoms with van der Waals surface area (Å²) in [6, 6.07) is 0. The van der Waals surface area contributed by atoms with E-state index in [9.17, 15) is 0 Å². The molecule has 58 valence electrons. The van der Waals surface area contributed by atoms with Crippen LogP contribution in [0.3, 0.4) is 0 Å². The SMILES string of the molecule is CC(C)c1[c-]n[c-]o1.[Re].[Re]. The molecule has 1 rings (SSSR count). The fourth-order valence-electron chi connectivity index (χ4n) is 0.420. The summed E-state index contributed by atoms with van der Waals surface area (Å²) >= 11 is 0. The van der Waals surface area contributed by atoms with Crippen LogP contribution in [0.4, 0.5) is 0 Å². The molecule has 0 aliphatic rings. The van der Waals surface area contributed by atoms with Gasteiger partial charge in [0.2, 0.25) is 0 Å². The third-order valence-electron chi connectivity index (χ3n) is 0.892. The van der Waals surface area contributed by atoms with Crippen LogP contribution >= 0.6 is 0 Å². The van der Waals surface area contributed by atoms with E-state index in [-0.39, 0.29) is 40.8 Å². The molecule has 0 saturated carbocycles.